The largest absolute Gasteiger partial charge is 0.399 e. The summed E-state index contributed by atoms with van der Waals surface area (Å²) in [6.45, 7) is 1.62. The van der Waals surface area contributed by atoms with Gasteiger partial charge in [0.1, 0.15) is 0 Å². The Kier molecular flexibility index (Phi) is 4.86. The van der Waals surface area contributed by atoms with E-state index in [1.165, 1.54) is 5.56 Å². The second kappa shape index (κ2) is 6.42. The Balaban J connectivity index is 2.07. The monoisotopic (exact) mass is 338 g/mol. The lowest BCUT2D eigenvalue weighted by Gasteiger charge is -2.18. The number of hydrogen-bond acceptors (Lipinski definition) is 2. The third-order valence-electron chi connectivity index (χ3n) is 2.91. The van der Waals surface area contributed by atoms with Crippen molar-refractivity contribution in [3.05, 3.63) is 63.1 Å². The summed E-state index contributed by atoms with van der Waals surface area (Å²) in [6, 6.07) is 13.8. The minimum atomic E-state index is 0.744. The van der Waals surface area contributed by atoms with Gasteiger partial charge in [0.25, 0.3) is 0 Å². The zero-order valence-electron chi connectivity index (χ0n) is 10.7. The summed E-state index contributed by atoms with van der Waals surface area (Å²) in [6.07, 6.45) is 0. The molecule has 0 saturated heterocycles. The van der Waals surface area contributed by atoms with Crippen molar-refractivity contribution < 1.29 is 0 Å². The molecule has 2 aromatic rings. The molecule has 0 spiro atoms. The van der Waals surface area contributed by atoms with Crippen molar-refractivity contribution in [3.63, 3.8) is 0 Å². The fourth-order valence-electron chi connectivity index (χ4n) is 1.98. The summed E-state index contributed by atoms with van der Waals surface area (Å²) in [7, 11) is 2.07. The van der Waals surface area contributed by atoms with Gasteiger partial charge in [0.2, 0.25) is 0 Å². The van der Waals surface area contributed by atoms with Gasteiger partial charge in [-0.15, -0.1) is 0 Å². The predicted octanol–water partition coefficient (Wildman–Crippen LogP) is 4.32. The van der Waals surface area contributed by atoms with Crippen molar-refractivity contribution in [1.82, 2.24) is 4.90 Å². The Bertz CT molecular complexity index is 572. The smallest absolute Gasteiger partial charge is 0.0452 e. The lowest BCUT2D eigenvalue weighted by Crippen LogP contribution is -2.17. The first-order valence-corrected chi connectivity index (χ1v) is 7.19. The van der Waals surface area contributed by atoms with E-state index in [1.54, 1.807) is 0 Å². The third-order valence-corrected chi connectivity index (χ3v) is 4.05. The average Bonchev–Trinajstić information content (AvgIpc) is 2.37. The van der Waals surface area contributed by atoms with Gasteiger partial charge in [0.15, 0.2) is 0 Å². The molecule has 2 aromatic carbocycles. The molecule has 0 radical (unpaired) electrons. The molecule has 100 valence electrons. The van der Waals surface area contributed by atoms with Gasteiger partial charge in [-0.05, 0) is 42.4 Å². The molecule has 0 aromatic heterocycles. The fourth-order valence-corrected chi connectivity index (χ4v) is 2.57. The van der Waals surface area contributed by atoms with Gasteiger partial charge < -0.3 is 5.73 Å². The minimum Gasteiger partial charge on any atom is -0.399 e. The second-order valence-electron chi connectivity index (χ2n) is 4.61. The maximum Gasteiger partial charge on any atom is 0.0452 e. The van der Waals surface area contributed by atoms with E-state index >= 15 is 0 Å². The highest BCUT2D eigenvalue weighted by atomic mass is 79.9. The number of halogens is 2. The molecule has 2 N–H and O–H groups in total. The van der Waals surface area contributed by atoms with Gasteiger partial charge >= 0.3 is 0 Å². The molecule has 19 heavy (non-hydrogen) atoms. The second-order valence-corrected chi connectivity index (χ2v) is 5.88. The summed E-state index contributed by atoms with van der Waals surface area (Å²) < 4.78 is 1.13. The Morgan fingerprint density at radius 3 is 2.53 bits per heavy atom. The number of anilines is 1. The van der Waals surface area contributed by atoms with Crippen molar-refractivity contribution in [2.75, 3.05) is 12.8 Å². The van der Waals surface area contributed by atoms with Crippen molar-refractivity contribution >= 4 is 33.2 Å². The van der Waals surface area contributed by atoms with Crippen LogP contribution < -0.4 is 5.73 Å². The van der Waals surface area contributed by atoms with Gasteiger partial charge in [0, 0.05) is 28.3 Å². The molecule has 0 saturated carbocycles. The average molecular weight is 340 g/mol. The zero-order chi connectivity index (χ0) is 13.8. The molecule has 2 rings (SSSR count). The highest BCUT2D eigenvalue weighted by Gasteiger charge is 2.07. The van der Waals surface area contributed by atoms with Crippen LogP contribution in [0.5, 0.6) is 0 Å². The predicted molar refractivity (Wildman–Crippen MR) is 85.2 cm³/mol. The van der Waals surface area contributed by atoms with E-state index in [4.69, 9.17) is 17.3 Å². The van der Waals surface area contributed by atoms with Crippen LogP contribution in [0.3, 0.4) is 0 Å². The number of nitrogens with zero attached hydrogens (tertiary/aromatic N) is 1. The van der Waals surface area contributed by atoms with Crippen molar-refractivity contribution in [2.45, 2.75) is 13.1 Å². The molecule has 0 bridgehead atoms. The Morgan fingerprint density at radius 1 is 1.11 bits per heavy atom. The van der Waals surface area contributed by atoms with Crippen molar-refractivity contribution in [3.8, 4) is 0 Å². The lowest BCUT2D eigenvalue weighted by atomic mass is 10.1. The van der Waals surface area contributed by atoms with E-state index in [2.05, 4.69) is 40.0 Å². The molecule has 0 amide bonds. The molecule has 0 unspecified atom stereocenters. The van der Waals surface area contributed by atoms with Crippen LogP contribution in [0.4, 0.5) is 5.69 Å². The van der Waals surface area contributed by atoms with Crippen LogP contribution in [0.1, 0.15) is 11.1 Å². The van der Waals surface area contributed by atoms with Gasteiger partial charge in [-0.1, -0.05) is 45.7 Å². The van der Waals surface area contributed by atoms with E-state index in [1.807, 2.05) is 30.3 Å². The summed E-state index contributed by atoms with van der Waals surface area (Å²) in [5.74, 6) is 0. The Morgan fingerprint density at radius 2 is 1.79 bits per heavy atom. The maximum absolute atomic E-state index is 6.18. The van der Waals surface area contributed by atoms with E-state index in [0.717, 1.165) is 33.8 Å². The van der Waals surface area contributed by atoms with Crippen LogP contribution in [0.2, 0.25) is 5.02 Å². The topological polar surface area (TPSA) is 29.3 Å². The molecular formula is C15H16BrClN2. The highest BCUT2D eigenvalue weighted by Crippen LogP contribution is 2.22. The molecule has 0 aliphatic rings. The molecule has 0 fully saturated rings. The molecule has 0 heterocycles. The molecule has 0 aliphatic carbocycles. The lowest BCUT2D eigenvalue weighted by molar-refractivity contribution is 0.318. The standard InChI is InChI=1S/C15H16BrClN2/c1-19(9-11-4-2-3-5-14(11)16)10-12-8-13(18)6-7-15(12)17/h2-8H,9-10,18H2,1H3. The Labute approximate surface area is 127 Å². The minimum absolute atomic E-state index is 0.744. The fraction of sp³-hybridized carbons (Fsp3) is 0.200. The third kappa shape index (κ3) is 3.96. The van der Waals surface area contributed by atoms with Crippen LogP contribution in [0.25, 0.3) is 0 Å². The number of nitrogens with two attached hydrogens (primary N) is 1. The number of hydrogen-bond donors (Lipinski definition) is 1. The summed E-state index contributed by atoms with van der Waals surface area (Å²) in [5.41, 5.74) is 8.85. The van der Waals surface area contributed by atoms with E-state index in [9.17, 15) is 0 Å². The molecule has 4 heteroatoms. The zero-order valence-corrected chi connectivity index (χ0v) is 13.1. The molecule has 2 nitrogen and oxygen atoms in total. The SMILES string of the molecule is CN(Cc1cc(N)ccc1Cl)Cc1ccccc1Br. The highest BCUT2D eigenvalue weighted by molar-refractivity contribution is 9.10. The molecule has 0 atom stereocenters. The Hall–Kier alpha value is -1.03. The van der Waals surface area contributed by atoms with Crippen LogP contribution in [0.15, 0.2) is 46.9 Å². The molecular weight excluding hydrogens is 324 g/mol. The van der Waals surface area contributed by atoms with Gasteiger partial charge in [-0.25, -0.2) is 0 Å². The first kappa shape index (κ1) is 14.4. The number of nitrogen functional groups attached to an aromatic ring is 1. The van der Waals surface area contributed by atoms with E-state index < -0.39 is 0 Å². The van der Waals surface area contributed by atoms with Crippen LogP contribution >= 0.6 is 27.5 Å². The van der Waals surface area contributed by atoms with Crippen molar-refractivity contribution in [1.29, 1.82) is 0 Å². The van der Waals surface area contributed by atoms with Crippen LogP contribution in [-0.4, -0.2) is 11.9 Å². The van der Waals surface area contributed by atoms with Gasteiger partial charge in [-0.3, -0.25) is 4.90 Å². The normalized spacial score (nSPS) is 10.9. The van der Waals surface area contributed by atoms with Crippen LogP contribution in [-0.2, 0) is 13.1 Å². The summed E-state index contributed by atoms with van der Waals surface area (Å²) in [4.78, 5) is 2.21. The summed E-state index contributed by atoms with van der Waals surface area (Å²) >= 11 is 9.75. The maximum atomic E-state index is 6.18. The number of rotatable bonds is 4. The quantitative estimate of drug-likeness (QED) is 0.841. The number of benzene rings is 2. The molecule has 0 aliphatic heterocycles. The summed E-state index contributed by atoms with van der Waals surface area (Å²) in [5, 5.41) is 0.758. The van der Waals surface area contributed by atoms with E-state index in [0.29, 0.717) is 0 Å². The first-order chi connectivity index (χ1) is 9.06. The van der Waals surface area contributed by atoms with Gasteiger partial charge in [-0.2, -0.15) is 0 Å². The van der Waals surface area contributed by atoms with Crippen molar-refractivity contribution in [2.24, 2.45) is 0 Å². The van der Waals surface area contributed by atoms with Crippen LogP contribution in [0, 0.1) is 0 Å². The van der Waals surface area contributed by atoms with Gasteiger partial charge in [0.05, 0.1) is 0 Å². The first-order valence-electron chi connectivity index (χ1n) is 6.02. The van der Waals surface area contributed by atoms with E-state index in [-0.39, 0.29) is 0 Å².